The second-order valence-electron chi connectivity index (χ2n) is 7.13. The van der Waals surface area contributed by atoms with Gasteiger partial charge in [-0.3, -0.25) is 9.59 Å². The first-order valence-corrected chi connectivity index (χ1v) is 10.1. The van der Waals surface area contributed by atoms with Crippen molar-refractivity contribution in [2.24, 2.45) is 0 Å². The number of methoxy groups -OCH3 is 3. The number of hydrogen-bond donors (Lipinski definition) is 0. The van der Waals surface area contributed by atoms with E-state index >= 15 is 0 Å². The molecule has 0 bridgehead atoms. The number of carbonyl (C=O) groups excluding carboxylic acids is 2. The fraction of sp³-hybridized carbons (Fsp3) is 0.154. The van der Waals surface area contributed by atoms with Crippen molar-refractivity contribution in [3.05, 3.63) is 83.1 Å². The maximum atomic E-state index is 12.8. The van der Waals surface area contributed by atoms with Gasteiger partial charge in [0.1, 0.15) is 11.5 Å². The monoisotopic (exact) mass is 446 g/mol. The topological polar surface area (TPSA) is 80.3 Å². The van der Waals surface area contributed by atoms with Crippen LogP contribution in [0.25, 0.3) is 6.08 Å². The molecule has 0 fully saturated rings. The van der Waals surface area contributed by atoms with Crippen LogP contribution in [0.1, 0.15) is 26.3 Å². The highest BCUT2D eigenvalue weighted by molar-refractivity contribution is 6.14. The van der Waals surface area contributed by atoms with Crippen molar-refractivity contribution < 1.29 is 33.3 Å². The van der Waals surface area contributed by atoms with Gasteiger partial charge in [0.2, 0.25) is 11.5 Å². The number of carbonyl (C=O) groups is 2. The van der Waals surface area contributed by atoms with E-state index in [9.17, 15) is 9.59 Å². The van der Waals surface area contributed by atoms with E-state index in [0.29, 0.717) is 45.4 Å². The summed E-state index contributed by atoms with van der Waals surface area (Å²) in [5.74, 6) is 1.92. The molecule has 3 aromatic carbocycles. The van der Waals surface area contributed by atoms with Gasteiger partial charge in [-0.1, -0.05) is 30.3 Å². The molecule has 33 heavy (non-hydrogen) atoms. The Morgan fingerprint density at radius 1 is 0.909 bits per heavy atom. The lowest BCUT2D eigenvalue weighted by molar-refractivity contribution is 0.0921. The Bertz CT molecular complexity index is 1200. The zero-order valence-electron chi connectivity index (χ0n) is 18.4. The number of rotatable bonds is 8. The highest BCUT2D eigenvalue weighted by Crippen LogP contribution is 2.40. The largest absolute Gasteiger partial charge is 0.493 e. The third-order valence-electron chi connectivity index (χ3n) is 5.09. The molecule has 0 spiro atoms. The summed E-state index contributed by atoms with van der Waals surface area (Å²) in [6, 6.07) is 17.2. The van der Waals surface area contributed by atoms with Crippen LogP contribution in [0.2, 0.25) is 0 Å². The normalized spacial score (nSPS) is 13.3. The van der Waals surface area contributed by atoms with E-state index in [-0.39, 0.29) is 23.9 Å². The van der Waals surface area contributed by atoms with Crippen LogP contribution in [0, 0.1) is 0 Å². The lowest BCUT2D eigenvalue weighted by atomic mass is 10.1. The first kappa shape index (κ1) is 22.0. The number of Topliss-reactive ketones (excluding diaryl/α,β-unsaturated/α-hetero) is 2. The molecule has 7 heteroatoms. The summed E-state index contributed by atoms with van der Waals surface area (Å²) in [6.07, 6.45) is 1.60. The van der Waals surface area contributed by atoms with Crippen molar-refractivity contribution >= 4 is 17.6 Å². The quantitative estimate of drug-likeness (QED) is 0.370. The molecule has 0 unspecified atom stereocenters. The van der Waals surface area contributed by atoms with Crippen LogP contribution in [0.3, 0.4) is 0 Å². The third-order valence-corrected chi connectivity index (χ3v) is 5.09. The molecule has 1 aliphatic rings. The first-order valence-electron chi connectivity index (χ1n) is 10.1. The molecular formula is C26H22O7. The maximum absolute atomic E-state index is 12.8. The molecule has 0 saturated heterocycles. The SMILES string of the molecule is COc1cc(C=C2Oc3cc(OCC(=O)c4ccccc4)ccc3C2=O)cc(OC)c1OC. The molecule has 0 aromatic heterocycles. The molecule has 0 atom stereocenters. The van der Waals surface area contributed by atoms with Gasteiger partial charge in [0, 0.05) is 11.6 Å². The van der Waals surface area contributed by atoms with Crippen LogP contribution < -0.4 is 23.7 Å². The van der Waals surface area contributed by atoms with Gasteiger partial charge in [-0.05, 0) is 35.9 Å². The fourth-order valence-electron chi connectivity index (χ4n) is 3.45. The lowest BCUT2D eigenvalue weighted by Crippen LogP contribution is -2.11. The van der Waals surface area contributed by atoms with Crippen LogP contribution in [0.4, 0.5) is 0 Å². The molecule has 1 aliphatic heterocycles. The average molecular weight is 446 g/mol. The van der Waals surface area contributed by atoms with Crippen molar-refractivity contribution in [3.63, 3.8) is 0 Å². The van der Waals surface area contributed by atoms with E-state index in [1.807, 2.05) is 6.07 Å². The Hall–Kier alpha value is -4.26. The van der Waals surface area contributed by atoms with Gasteiger partial charge in [0.25, 0.3) is 0 Å². The standard InChI is InChI=1S/C26H22O7/c1-29-23-12-16(13-24(30-2)26(23)31-3)11-22-25(28)19-10-9-18(14-21(19)33-22)32-15-20(27)17-7-5-4-6-8-17/h4-14H,15H2,1-3H3. The second kappa shape index (κ2) is 9.48. The Balaban J connectivity index is 1.53. The minimum Gasteiger partial charge on any atom is -0.493 e. The Morgan fingerprint density at radius 2 is 1.61 bits per heavy atom. The zero-order chi connectivity index (χ0) is 23.4. The zero-order valence-corrected chi connectivity index (χ0v) is 18.4. The fourth-order valence-corrected chi connectivity index (χ4v) is 3.45. The van der Waals surface area contributed by atoms with Gasteiger partial charge in [0.05, 0.1) is 26.9 Å². The van der Waals surface area contributed by atoms with Gasteiger partial charge in [-0.25, -0.2) is 0 Å². The van der Waals surface area contributed by atoms with Gasteiger partial charge in [-0.2, -0.15) is 0 Å². The Labute approximate surface area is 191 Å². The summed E-state index contributed by atoms with van der Waals surface area (Å²) in [6.45, 7) is -0.120. The molecule has 0 aliphatic carbocycles. The van der Waals surface area contributed by atoms with Gasteiger partial charge in [0.15, 0.2) is 29.6 Å². The number of ketones is 2. The van der Waals surface area contributed by atoms with E-state index in [1.54, 1.807) is 60.7 Å². The summed E-state index contributed by atoms with van der Waals surface area (Å²) in [4.78, 5) is 25.1. The molecule has 4 rings (SSSR count). The average Bonchev–Trinajstić information content (AvgIpc) is 3.16. The van der Waals surface area contributed by atoms with E-state index in [0.717, 1.165) is 0 Å². The number of hydrogen-bond acceptors (Lipinski definition) is 7. The molecule has 0 radical (unpaired) electrons. The predicted molar refractivity (Wildman–Crippen MR) is 122 cm³/mol. The van der Waals surface area contributed by atoms with Crippen LogP contribution in [-0.4, -0.2) is 39.5 Å². The summed E-state index contributed by atoms with van der Waals surface area (Å²) in [5.41, 5.74) is 1.63. The molecule has 0 saturated carbocycles. The minimum absolute atomic E-state index is 0.120. The molecule has 7 nitrogen and oxygen atoms in total. The van der Waals surface area contributed by atoms with Gasteiger partial charge >= 0.3 is 0 Å². The molecule has 168 valence electrons. The van der Waals surface area contributed by atoms with E-state index in [4.69, 9.17) is 23.7 Å². The van der Waals surface area contributed by atoms with Crippen molar-refractivity contribution in [1.29, 1.82) is 0 Å². The Morgan fingerprint density at radius 3 is 2.24 bits per heavy atom. The molecular weight excluding hydrogens is 424 g/mol. The number of ether oxygens (including phenoxy) is 5. The van der Waals surface area contributed by atoms with Crippen LogP contribution in [0.5, 0.6) is 28.7 Å². The van der Waals surface area contributed by atoms with Gasteiger partial charge in [-0.15, -0.1) is 0 Å². The summed E-state index contributed by atoms with van der Waals surface area (Å²) in [7, 11) is 4.56. The molecule has 3 aromatic rings. The van der Waals surface area contributed by atoms with Crippen molar-refractivity contribution in [3.8, 4) is 28.7 Å². The predicted octanol–water partition coefficient (Wildman–Crippen LogP) is 4.59. The maximum Gasteiger partial charge on any atom is 0.231 e. The minimum atomic E-state index is -0.259. The number of allylic oxidation sites excluding steroid dienone is 1. The lowest BCUT2D eigenvalue weighted by Gasteiger charge is -2.13. The number of fused-ring (bicyclic) bond motifs is 1. The van der Waals surface area contributed by atoms with Crippen molar-refractivity contribution in [2.75, 3.05) is 27.9 Å². The number of benzene rings is 3. The third kappa shape index (κ3) is 4.52. The summed E-state index contributed by atoms with van der Waals surface area (Å²) >= 11 is 0. The van der Waals surface area contributed by atoms with Crippen LogP contribution in [0.15, 0.2) is 66.4 Å². The van der Waals surface area contributed by atoms with Gasteiger partial charge < -0.3 is 23.7 Å². The first-order chi connectivity index (χ1) is 16.0. The van der Waals surface area contributed by atoms with E-state index < -0.39 is 0 Å². The van der Waals surface area contributed by atoms with Crippen molar-refractivity contribution in [2.45, 2.75) is 0 Å². The molecule has 1 heterocycles. The smallest absolute Gasteiger partial charge is 0.231 e. The van der Waals surface area contributed by atoms with Crippen molar-refractivity contribution in [1.82, 2.24) is 0 Å². The summed E-state index contributed by atoms with van der Waals surface area (Å²) < 4.78 is 27.5. The molecule has 0 N–H and O–H groups in total. The highest BCUT2D eigenvalue weighted by atomic mass is 16.5. The Kier molecular flexibility index (Phi) is 6.31. The second-order valence-corrected chi connectivity index (χ2v) is 7.13. The summed E-state index contributed by atoms with van der Waals surface area (Å²) in [5, 5.41) is 0. The van der Waals surface area contributed by atoms with Crippen LogP contribution in [-0.2, 0) is 0 Å². The van der Waals surface area contributed by atoms with E-state index in [1.165, 1.54) is 21.3 Å². The van der Waals surface area contributed by atoms with E-state index in [2.05, 4.69) is 0 Å². The molecule has 0 amide bonds. The van der Waals surface area contributed by atoms with Crippen LogP contribution >= 0.6 is 0 Å². The highest BCUT2D eigenvalue weighted by Gasteiger charge is 2.28.